The summed E-state index contributed by atoms with van der Waals surface area (Å²) in [5, 5.41) is 5.51. The molecule has 1 atom stereocenters. The molecule has 36 heavy (non-hydrogen) atoms. The average Bonchev–Trinajstić information content (AvgIpc) is 2.87. The smallest absolute Gasteiger partial charge is 0.00887 e. The highest BCUT2D eigenvalue weighted by Gasteiger charge is 2.35. The van der Waals surface area contributed by atoms with Gasteiger partial charge in [-0.25, -0.2) is 0 Å². The molecule has 5 aromatic rings. The van der Waals surface area contributed by atoms with Crippen LogP contribution in [0.15, 0.2) is 97.1 Å². The topological polar surface area (TPSA) is 0 Å². The second-order valence-electron chi connectivity index (χ2n) is 12.4. The predicted octanol–water partition coefficient (Wildman–Crippen LogP) is 9.97. The first kappa shape index (κ1) is 23.0. The van der Waals surface area contributed by atoms with Gasteiger partial charge in [0.15, 0.2) is 0 Å². The number of hydrogen-bond acceptors (Lipinski definition) is 0. The van der Waals surface area contributed by atoms with Gasteiger partial charge in [0.2, 0.25) is 0 Å². The fraction of sp³-hybridized carbons (Fsp3) is 0.278. The van der Waals surface area contributed by atoms with Gasteiger partial charge in [0.25, 0.3) is 0 Å². The van der Waals surface area contributed by atoms with Crippen LogP contribution in [0.5, 0.6) is 0 Å². The lowest BCUT2D eigenvalue weighted by Gasteiger charge is -2.39. The van der Waals surface area contributed by atoms with E-state index in [-0.39, 0.29) is 10.8 Å². The van der Waals surface area contributed by atoms with Crippen LogP contribution < -0.4 is 0 Å². The van der Waals surface area contributed by atoms with Crippen molar-refractivity contribution in [2.75, 3.05) is 0 Å². The number of rotatable bonds is 2. The van der Waals surface area contributed by atoms with Crippen molar-refractivity contribution in [3.05, 3.63) is 119 Å². The van der Waals surface area contributed by atoms with Crippen molar-refractivity contribution < 1.29 is 0 Å². The third-order valence-corrected chi connectivity index (χ3v) is 8.35. The molecular formula is C36H36. The molecule has 0 aromatic heterocycles. The van der Waals surface area contributed by atoms with Crippen molar-refractivity contribution in [3.63, 3.8) is 0 Å². The summed E-state index contributed by atoms with van der Waals surface area (Å²) in [6, 6.07) is 36.7. The molecule has 0 amide bonds. The molecule has 0 radical (unpaired) electrons. The Balaban J connectivity index is 1.38. The molecule has 1 aliphatic rings. The van der Waals surface area contributed by atoms with Crippen molar-refractivity contribution in [2.45, 2.75) is 64.2 Å². The van der Waals surface area contributed by atoms with Crippen LogP contribution in [0.2, 0.25) is 0 Å². The molecule has 0 saturated heterocycles. The fourth-order valence-corrected chi connectivity index (χ4v) is 6.53. The standard InChI is InChI=1S/C36H36/c1-35(2,3)30-17-13-24(14-18-30)26-10-8-11-27(21-26)29-22-28-16-19-32-31-12-7-6-9-25(31)15-20-33(32)34(28)36(4,5)23-29/h6-21,29H,22-23H2,1-5H3. The first-order chi connectivity index (χ1) is 17.2. The molecule has 0 heterocycles. The first-order valence-electron chi connectivity index (χ1n) is 13.4. The molecule has 1 unspecified atom stereocenters. The summed E-state index contributed by atoms with van der Waals surface area (Å²) in [5.41, 5.74) is 8.83. The molecule has 0 saturated carbocycles. The quantitative estimate of drug-likeness (QED) is 0.226. The molecule has 0 heteroatoms. The fourth-order valence-electron chi connectivity index (χ4n) is 6.53. The summed E-state index contributed by atoms with van der Waals surface area (Å²) in [5.74, 6) is 0.527. The Hall–Kier alpha value is -3.38. The van der Waals surface area contributed by atoms with E-state index in [4.69, 9.17) is 0 Å². The van der Waals surface area contributed by atoms with Crippen molar-refractivity contribution in [1.82, 2.24) is 0 Å². The minimum Gasteiger partial charge on any atom is -0.0616 e. The van der Waals surface area contributed by atoms with E-state index in [0.717, 1.165) is 6.42 Å². The summed E-state index contributed by atoms with van der Waals surface area (Å²) < 4.78 is 0. The SMILES string of the molecule is CC(C)(C)c1ccc(-c2cccc(C3Cc4ccc5c(ccc6ccccc65)c4C(C)(C)C3)c2)cc1. The van der Waals surface area contributed by atoms with Crippen LogP contribution in [0.3, 0.4) is 0 Å². The van der Waals surface area contributed by atoms with Gasteiger partial charge >= 0.3 is 0 Å². The highest BCUT2D eigenvalue weighted by atomic mass is 14.4. The van der Waals surface area contributed by atoms with E-state index in [1.165, 1.54) is 55.8 Å². The molecule has 180 valence electrons. The summed E-state index contributed by atoms with van der Waals surface area (Å²) in [6.07, 6.45) is 2.27. The van der Waals surface area contributed by atoms with Crippen LogP contribution >= 0.6 is 0 Å². The van der Waals surface area contributed by atoms with Gasteiger partial charge in [-0.3, -0.25) is 0 Å². The normalized spacial score (nSPS) is 17.3. The van der Waals surface area contributed by atoms with Gasteiger partial charge in [-0.05, 0) is 84.5 Å². The second kappa shape index (κ2) is 8.34. The van der Waals surface area contributed by atoms with E-state index in [1.54, 1.807) is 5.56 Å². The Bertz CT molecular complexity index is 1580. The van der Waals surface area contributed by atoms with E-state index >= 15 is 0 Å². The third-order valence-electron chi connectivity index (χ3n) is 8.35. The summed E-state index contributed by atoms with van der Waals surface area (Å²) in [6.45, 7) is 11.7. The zero-order valence-electron chi connectivity index (χ0n) is 22.2. The van der Waals surface area contributed by atoms with E-state index in [2.05, 4.69) is 132 Å². The van der Waals surface area contributed by atoms with Crippen molar-refractivity contribution in [3.8, 4) is 11.1 Å². The minimum absolute atomic E-state index is 0.116. The van der Waals surface area contributed by atoms with Gasteiger partial charge < -0.3 is 0 Å². The molecule has 0 nitrogen and oxygen atoms in total. The molecule has 1 aliphatic carbocycles. The minimum atomic E-state index is 0.116. The van der Waals surface area contributed by atoms with E-state index < -0.39 is 0 Å². The molecule has 0 bridgehead atoms. The molecular weight excluding hydrogens is 432 g/mol. The zero-order chi connectivity index (χ0) is 25.1. The van der Waals surface area contributed by atoms with Crippen LogP contribution in [0.4, 0.5) is 0 Å². The van der Waals surface area contributed by atoms with Gasteiger partial charge in [0.1, 0.15) is 0 Å². The summed E-state index contributed by atoms with van der Waals surface area (Å²) in [4.78, 5) is 0. The van der Waals surface area contributed by atoms with E-state index in [0.29, 0.717) is 5.92 Å². The molecule has 6 rings (SSSR count). The van der Waals surface area contributed by atoms with Crippen LogP contribution in [0.25, 0.3) is 32.7 Å². The Morgan fingerprint density at radius 3 is 2.19 bits per heavy atom. The van der Waals surface area contributed by atoms with Crippen molar-refractivity contribution >= 4 is 21.5 Å². The Morgan fingerprint density at radius 2 is 1.42 bits per heavy atom. The second-order valence-corrected chi connectivity index (χ2v) is 12.4. The number of benzene rings is 5. The molecule has 0 aliphatic heterocycles. The van der Waals surface area contributed by atoms with Gasteiger partial charge in [0.05, 0.1) is 0 Å². The molecule has 5 aromatic carbocycles. The Labute approximate surface area is 216 Å². The first-order valence-corrected chi connectivity index (χ1v) is 13.4. The van der Waals surface area contributed by atoms with E-state index in [9.17, 15) is 0 Å². The van der Waals surface area contributed by atoms with Gasteiger partial charge in [-0.2, -0.15) is 0 Å². The number of fused-ring (bicyclic) bond motifs is 5. The maximum Gasteiger partial charge on any atom is -0.00887 e. The molecule has 0 N–H and O–H groups in total. The molecule has 0 spiro atoms. The highest BCUT2D eigenvalue weighted by molar-refractivity contribution is 6.09. The van der Waals surface area contributed by atoms with Crippen LogP contribution in [-0.4, -0.2) is 0 Å². The summed E-state index contributed by atoms with van der Waals surface area (Å²) >= 11 is 0. The summed E-state index contributed by atoms with van der Waals surface area (Å²) in [7, 11) is 0. The van der Waals surface area contributed by atoms with Gasteiger partial charge in [-0.15, -0.1) is 0 Å². The maximum absolute atomic E-state index is 2.45. The number of hydrogen-bond donors (Lipinski definition) is 0. The van der Waals surface area contributed by atoms with Crippen molar-refractivity contribution in [1.29, 1.82) is 0 Å². The monoisotopic (exact) mass is 468 g/mol. The van der Waals surface area contributed by atoms with Gasteiger partial charge in [0, 0.05) is 0 Å². The maximum atomic E-state index is 2.45. The average molecular weight is 469 g/mol. The van der Waals surface area contributed by atoms with Crippen LogP contribution in [0, 0.1) is 0 Å². The van der Waals surface area contributed by atoms with Crippen LogP contribution in [-0.2, 0) is 17.3 Å². The Kier molecular flexibility index (Phi) is 5.34. The zero-order valence-corrected chi connectivity index (χ0v) is 22.2. The largest absolute Gasteiger partial charge is 0.0616 e. The van der Waals surface area contributed by atoms with E-state index in [1.807, 2.05) is 0 Å². The lowest BCUT2D eigenvalue weighted by Crippen LogP contribution is -2.29. The predicted molar refractivity (Wildman–Crippen MR) is 156 cm³/mol. The lowest BCUT2D eigenvalue weighted by molar-refractivity contribution is 0.395. The third kappa shape index (κ3) is 3.94. The molecule has 0 fully saturated rings. The van der Waals surface area contributed by atoms with Crippen LogP contribution in [0.1, 0.15) is 69.2 Å². The highest BCUT2D eigenvalue weighted by Crippen LogP contribution is 2.47. The Morgan fingerprint density at radius 1 is 0.667 bits per heavy atom. The lowest BCUT2D eigenvalue weighted by atomic mass is 9.65. The van der Waals surface area contributed by atoms with Gasteiger partial charge in [-0.1, -0.05) is 132 Å². The van der Waals surface area contributed by atoms with Crippen molar-refractivity contribution in [2.24, 2.45) is 0 Å².